The maximum atomic E-state index is 13.0. The van der Waals surface area contributed by atoms with Crippen molar-refractivity contribution in [3.05, 3.63) is 52.9 Å². The van der Waals surface area contributed by atoms with Crippen molar-refractivity contribution in [2.24, 2.45) is 0 Å². The van der Waals surface area contributed by atoms with Crippen LogP contribution in [0.3, 0.4) is 0 Å². The molecule has 2 aromatic carbocycles. The number of ether oxygens (including phenoxy) is 3. The summed E-state index contributed by atoms with van der Waals surface area (Å²) >= 11 is 0. The Hall–Kier alpha value is -3.15. The van der Waals surface area contributed by atoms with Crippen molar-refractivity contribution in [2.45, 2.75) is 30.7 Å². The minimum absolute atomic E-state index is 0.0202. The first-order valence-electron chi connectivity index (χ1n) is 9.74. The lowest BCUT2D eigenvalue weighted by Crippen LogP contribution is -2.60. The Kier molecular flexibility index (Phi) is 6.04. The van der Waals surface area contributed by atoms with E-state index in [2.05, 4.69) is 0 Å². The molecular weight excluding hydrogens is 424 g/mol. The minimum atomic E-state index is -1.63. The first kappa shape index (κ1) is 22.1. The largest absolute Gasteiger partial charge is 0.507 e. The van der Waals surface area contributed by atoms with Gasteiger partial charge in [0.2, 0.25) is 11.7 Å². The molecule has 2 heterocycles. The zero-order valence-corrected chi connectivity index (χ0v) is 16.9. The molecule has 1 fully saturated rings. The lowest BCUT2D eigenvalue weighted by Gasteiger charge is -2.39. The van der Waals surface area contributed by atoms with Gasteiger partial charge in [0, 0.05) is 12.1 Å². The number of methoxy groups -OCH3 is 1. The predicted molar refractivity (Wildman–Crippen MR) is 111 cm³/mol. The molecular formula is C22H22O10. The van der Waals surface area contributed by atoms with E-state index in [1.807, 2.05) is 0 Å². The smallest absolute Gasteiger partial charge is 0.229 e. The van der Waals surface area contributed by atoms with Gasteiger partial charge in [-0.25, -0.2) is 0 Å². The van der Waals surface area contributed by atoms with Gasteiger partial charge in [0.05, 0.1) is 19.3 Å². The van der Waals surface area contributed by atoms with Gasteiger partial charge in [-0.15, -0.1) is 0 Å². The highest BCUT2D eigenvalue weighted by molar-refractivity contribution is 5.88. The van der Waals surface area contributed by atoms with Crippen LogP contribution < -0.4 is 14.9 Å². The van der Waals surface area contributed by atoms with Crippen LogP contribution in [0.15, 0.2) is 51.9 Å². The monoisotopic (exact) mass is 446 g/mol. The van der Waals surface area contributed by atoms with Crippen molar-refractivity contribution in [2.75, 3.05) is 13.7 Å². The number of aromatic hydroxyl groups is 1. The fraction of sp³-hybridized carbons (Fsp3) is 0.318. The Morgan fingerprint density at radius 2 is 1.72 bits per heavy atom. The summed E-state index contributed by atoms with van der Waals surface area (Å²) in [4.78, 5) is 13.0. The van der Waals surface area contributed by atoms with Gasteiger partial charge in [0.15, 0.2) is 0 Å². The summed E-state index contributed by atoms with van der Waals surface area (Å²) < 4.78 is 21.4. The van der Waals surface area contributed by atoms with E-state index in [1.54, 1.807) is 24.3 Å². The summed E-state index contributed by atoms with van der Waals surface area (Å²) in [6, 6.07) is 9.20. The Balaban J connectivity index is 1.66. The molecule has 10 heteroatoms. The second kappa shape index (κ2) is 8.77. The zero-order chi connectivity index (χ0) is 23.0. The van der Waals surface area contributed by atoms with Gasteiger partial charge >= 0.3 is 0 Å². The molecule has 4 rings (SSSR count). The van der Waals surface area contributed by atoms with Crippen LogP contribution in [0.25, 0.3) is 22.1 Å². The van der Waals surface area contributed by atoms with Crippen LogP contribution in [0.2, 0.25) is 0 Å². The van der Waals surface area contributed by atoms with Crippen molar-refractivity contribution >= 4 is 11.0 Å². The van der Waals surface area contributed by atoms with Crippen LogP contribution >= 0.6 is 0 Å². The molecule has 0 radical (unpaired) electrons. The number of hydrogen-bond donors (Lipinski definition) is 5. The average Bonchev–Trinajstić information content (AvgIpc) is 2.79. The second-order valence-corrected chi connectivity index (χ2v) is 7.34. The molecule has 1 aliphatic rings. The number of rotatable bonds is 5. The Morgan fingerprint density at radius 1 is 1.00 bits per heavy atom. The van der Waals surface area contributed by atoms with Gasteiger partial charge < -0.3 is 44.2 Å². The Bertz CT molecular complexity index is 1150. The number of aliphatic hydroxyl groups excluding tert-OH is 4. The number of hydrogen-bond acceptors (Lipinski definition) is 10. The molecule has 0 bridgehead atoms. The summed E-state index contributed by atoms with van der Waals surface area (Å²) in [6.07, 6.45) is -6.14. The molecule has 5 atom stereocenters. The van der Waals surface area contributed by atoms with Crippen LogP contribution in [-0.2, 0) is 4.74 Å². The summed E-state index contributed by atoms with van der Waals surface area (Å²) in [5.41, 5.74) is 0.362. The van der Waals surface area contributed by atoms with Gasteiger partial charge in [-0.3, -0.25) is 4.79 Å². The first-order valence-corrected chi connectivity index (χ1v) is 9.74. The topological polar surface area (TPSA) is 159 Å². The highest BCUT2D eigenvalue weighted by Crippen LogP contribution is 2.32. The van der Waals surface area contributed by atoms with Crippen molar-refractivity contribution in [1.82, 2.24) is 0 Å². The molecule has 10 nitrogen and oxygen atoms in total. The quantitative estimate of drug-likeness (QED) is 0.370. The molecule has 0 aliphatic carbocycles. The number of benzene rings is 2. The molecule has 5 N–H and O–H groups in total. The van der Waals surface area contributed by atoms with Crippen molar-refractivity contribution in [1.29, 1.82) is 0 Å². The van der Waals surface area contributed by atoms with E-state index in [1.165, 1.54) is 19.4 Å². The Labute approximate surface area is 181 Å². The molecule has 1 aliphatic heterocycles. The van der Waals surface area contributed by atoms with E-state index < -0.39 is 48.5 Å². The van der Waals surface area contributed by atoms with Crippen LogP contribution in [0.4, 0.5) is 0 Å². The van der Waals surface area contributed by atoms with Crippen molar-refractivity contribution in [3.8, 4) is 28.4 Å². The molecule has 32 heavy (non-hydrogen) atoms. The van der Waals surface area contributed by atoms with E-state index in [-0.39, 0.29) is 22.3 Å². The summed E-state index contributed by atoms with van der Waals surface area (Å²) in [5, 5.41) is 49.6. The highest BCUT2D eigenvalue weighted by Gasteiger charge is 2.44. The lowest BCUT2D eigenvalue weighted by atomic mass is 9.99. The standard InChI is InChI=1S/C22H22O10/c1-29-11-4-2-10(3-5-11)13-9-30-15-7-12(6-14(24)17(15)18(13)25)31-22-21(28)20(27)19(26)16(8-23)32-22/h2-7,9,16,19-24,26-28H,8H2,1H3/t16-,19-,20-,21+,22-/m1/s1. The molecule has 3 aromatic rings. The van der Waals surface area contributed by atoms with Crippen LogP contribution in [0.1, 0.15) is 0 Å². The minimum Gasteiger partial charge on any atom is -0.507 e. The van der Waals surface area contributed by atoms with Crippen LogP contribution in [0.5, 0.6) is 17.2 Å². The maximum Gasteiger partial charge on any atom is 0.229 e. The molecule has 0 unspecified atom stereocenters. The highest BCUT2D eigenvalue weighted by atomic mass is 16.7. The zero-order valence-electron chi connectivity index (χ0n) is 16.9. The molecule has 1 aromatic heterocycles. The van der Waals surface area contributed by atoms with Crippen LogP contribution in [-0.4, -0.2) is 70.0 Å². The number of phenols is 1. The molecule has 0 amide bonds. The number of fused-ring (bicyclic) bond motifs is 1. The maximum absolute atomic E-state index is 13.0. The molecule has 170 valence electrons. The van der Waals surface area contributed by atoms with Crippen LogP contribution in [0, 0.1) is 0 Å². The van der Waals surface area contributed by atoms with Gasteiger partial charge in [-0.05, 0) is 17.7 Å². The summed E-state index contributed by atoms with van der Waals surface area (Å²) in [5.74, 6) is 0.169. The molecule has 0 spiro atoms. The lowest BCUT2D eigenvalue weighted by molar-refractivity contribution is -0.277. The van der Waals surface area contributed by atoms with Gasteiger partial charge in [0.25, 0.3) is 0 Å². The third-order valence-corrected chi connectivity index (χ3v) is 5.33. The van der Waals surface area contributed by atoms with Crippen molar-refractivity contribution in [3.63, 3.8) is 0 Å². The predicted octanol–water partition coefficient (Wildman–Crippen LogP) is 0.353. The summed E-state index contributed by atoms with van der Waals surface area (Å²) in [6.45, 7) is -0.614. The van der Waals surface area contributed by atoms with Gasteiger partial charge in [-0.1, -0.05) is 12.1 Å². The van der Waals surface area contributed by atoms with Crippen molar-refractivity contribution < 1.29 is 44.2 Å². The first-order chi connectivity index (χ1) is 15.3. The fourth-order valence-electron chi connectivity index (χ4n) is 3.54. The number of aliphatic hydroxyl groups is 4. The molecule has 0 saturated carbocycles. The number of phenolic OH excluding ortho intramolecular Hbond substituents is 1. The average molecular weight is 446 g/mol. The van der Waals surface area contributed by atoms with E-state index in [4.69, 9.17) is 18.6 Å². The second-order valence-electron chi connectivity index (χ2n) is 7.34. The normalized spacial score (nSPS) is 25.6. The van der Waals surface area contributed by atoms with E-state index in [0.717, 1.165) is 6.07 Å². The third kappa shape index (κ3) is 3.90. The Morgan fingerprint density at radius 3 is 2.38 bits per heavy atom. The third-order valence-electron chi connectivity index (χ3n) is 5.33. The van der Waals surface area contributed by atoms with E-state index in [9.17, 15) is 30.3 Å². The fourth-order valence-corrected chi connectivity index (χ4v) is 3.54. The van der Waals surface area contributed by atoms with E-state index in [0.29, 0.717) is 11.3 Å². The SMILES string of the molecule is COc1ccc(-c2coc3cc(O[C@@H]4O[C@H](CO)[C@@H](O)[C@@H](O)[C@@H]4O)cc(O)c3c2=O)cc1. The molecule has 1 saturated heterocycles. The van der Waals surface area contributed by atoms with Gasteiger partial charge in [0.1, 0.15) is 58.9 Å². The summed E-state index contributed by atoms with van der Waals surface area (Å²) in [7, 11) is 1.53. The van der Waals surface area contributed by atoms with E-state index >= 15 is 0 Å². The van der Waals surface area contributed by atoms with Gasteiger partial charge in [-0.2, -0.15) is 0 Å².